The lowest BCUT2D eigenvalue weighted by atomic mass is 10.1. The van der Waals surface area contributed by atoms with Crippen LogP contribution < -0.4 is 15.0 Å². The van der Waals surface area contributed by atoms with E-state index in [1.807, 2.05) is 35.7 Å². The van der Waals surface area contributed by atoms with Crippen LogP contribution in [0, 0.1) is 0 Å². The second kappa shape index (κ2) is 7.45. The Morgan fingerprint density at radius 2 is 2.07 bits per heavy atom. The van der Waals surface area contributed by atoms with Crippen molar-refractivity contribution in [1.29, 1.82) is 0 Å². The Kier molecular flexibility index (Phi) is 4.87. The van der Waals surface area contributed by atoms with Crippen LogP contribution >= 0.6 is 22.7 Å². The highest BCUT2D eigenvalue weighted by molar-refractivity contribution is 7.15. The third kappa shape index (κ3) is 3.69. The molecule has 1 aromatic carbocycles. The molecule has 2 amide bonds. The molecule has 1 fully saturated rings. The summed E-state index contributed by atoms with van der Waals surface area (Å²) in [6, 6.07) is 11.0. The van der Waals surface area contributed by atoms with Gasteiger partial charge < -0.3 is 9.64 Å². The average Bonchev–Trinajstić information content (AvgIpc) is 3.42. The van der Waals surface area contributed by atoms with Crippen LogP contribution in [0.2, 0.25) is 0 Å². The van der Waals surface area contributed by atoms with Gasteiger partial charge >= 0.3 is 0 Å². The second-order valence-corrected chi connectivity index (χ2v) is 7.94. The molecule has 1 aliphatic heterocycles. The van der Waals surface area contributed by atoms with Crippen LogP contribution in [0.5, 0.6) is 5.75 Å². The highest BCUT2D eigenvalue weighted by Gasteiger charge is 2.34. The third-order valence-electron chi connectivity index (χ3n) is 4.26. The Morgan fingerprint density at radius 3 is 2.78 bits per heavy atom. The molecule has 7 nitrogen and oxygen atoms in total. The lowest BCUT2D eigenvalue weighted by Crippen LogP contribution is -2.24. The van der Waals surface area contributed by atoms with E-state index in [9.17, 15) is 9.59 Å². The molecule has 1 unspecified atom stereocenters. The molecule has 1 saturated heterocycles. The number of nitrogens with zero attached hydrogens (tertiary/aromatic N) is 3. The van der Waals surface area contributed by atoms with Gasteiger partial charge in [-0.2, -0.15) is 0 Å². The summed E-state index contributed by atoms with van der Waals surface area (Å²) in [5.74, 6) is 0.557. The number of hydrogen-bond acceptors (Lipinski definition) is 7. The molecule has 3 aromatic rings. The average molecular weight is 400 g/mol. The van der Waals surface area contributed by atoms with Crippen molar-refractivity contribution in [2.75, 3.05) is 23.9 Å². The molecule has 4 rings (SSSR count). The van der Waals surface area contributed by atoms with E-state index >= 15 is 0 Å². The molecular weight excluding hydrogens is 384 g/mol. The zero-order valence-corrected chi connectivity index (χ0v) is 16.0. The number of benzene rings is 1. The number of methoxy groups -OCH3 is 1. The minimum Gasteiger partial charge on any atom is -0.497 e. The number of ether oxygens (including phenoxy) is 1. The number of carbonyl (C=O) groups excluding carboxylic acids is 2. The van der Waals surface area contributed by atoms with Crippen molar-refractivity contribution in [2.45, 2.75) is 12.3 Å². The van der Waals surface area contributed by atoms with Crippen molar-refractivity contribution >= 4 is 45.3 Å². The van der Waals surface area contributed by atoms with E-state index in [0.29, 0.717) is 23.0 Å². The van der Waals surface area contributed by atoms with Crippen LogP contribution in [-0.4, -0.2) is 35.7 Å². The number of nitrogens with one attached hydrogen (secondary N) is 1. The third-order valence-corrected chi connectivity index (χ3v) is 6.13. The van der Waals surface area contributed by atoms with E-state index in [4.69, 9.17) is 4.74 Å². The van der Waals surface area contributed by atoms with E-state index in [2.05, 4.69) is 15.5 Å². The minimum absolute atomic E-state index is 0.0375. The number of carbonyl (C=O) groups is 2. The molecule has 3 heterocycles. The van der Waals surface area contributed by atoms with Crippen LogP contribution in [0.15, 0.2) is 41.8 Å². The highest BCUT2D eigenvalue weighted by atomic mass is 32.1. The van der Waals surface area contributed by atoms with E-state index in [1.165, 1.54) is 22.7 Å². The predicted octanol–water partition coefficient (Wildman–Crippen LogP) is 3.38. The van der Waals surface area contributed by atoms with Gasteiger partial charge in [-0.25, -0.2) is 0 Å². The molecule has 1 aliphatic rings. The van der Waals surface area contributed by atoms with Crippen molar-refractivity contribution in [3.8, 4) is 5.75 Å². The molecule has 1 N–H and O–H groups in total. The first kappa shape index (κ1) is 17.6. The van der Waals surface area contributed by atoms with Gasteiger partial charge in [-0.15, -0.1) is 21.5 Å². The molecule has 138 valence electrons. The standard InChI is InChI=1S/C18H16N4O3S2/c1-25-13-6-4-12(5-7-13)22-10-11(9-15(22)23)17-20-21-18(27-17)19-16(24)14-3-2-8-26-14/h2-8,11H,9-10H2,1H3,(H,19,21,24). The van der Waals surface area contributed by atoms with Crippen molar-refractivity contribution in [3.63, 3.8) is 0 Å². The molecule has 0 saturated carbocycles. The molecule has 27 heavy (non-hydrogen) atoms. The first-order chi connectivity index (χ1) is 13.1. The molecule has 2 aromatic heterocycles. The molecule has 0 radical (unpaired) electrons. The maximum Gasteiger partial charge on any atom is 0.267 e. The zero-order chi connectivity index (χ0) is 18.8. The number of amides is 2. The van der Waals surface area contributed by atoms with Gasteiger partial charge in [-0.3, -0.25) is 14.9 Å². The number of aromatic nitrogens is 2. The van der Waals surface area contributed by atoms with Gasteiger partial charge in [-0.05, 0) is 35.7 Å². The summed E-state index contributed by atoms with van der Waals surface area (Å²) >= 11 is 2.68. The number of thiophene rings is 1. The smallest absolute Gasteiger partial charge is 0.267 e. The first-order valence-electron chi connectivity index (χ1n) is 8.26. The molecule has 0 aliphatic carbocycles. The van der Waals surface area contributed by atoms with Gasteiger partial charge in [0.2, 0.25) is 11.0 Å². The summed E-state index contributed by atoms with van der Waals surface area (Å²) in [5.41, 5.74) is 0.832. The van der Waals surface area contributed by atoms with E-state index in [1.54, 1.807) is 18.1 Å². The summed E-state index contributed by atoms with van der Waals surface area (Å²) in [5, 5.41) is 14.0. The van der Waals surface area contributed by atoms with Crippen molar-refractivity contribution in [3.05, 3.63) is 51.7 Å². The molecule has 9 heteroatoms. The van der Waals surface area contributed by atoms with Gasteiger partial charge in [0.15, 0.2) is 0 Å². The lowest BCUT2D eigenvalue weighted by Gasteiger charge is -2.16. The second-order valence-electron chi connectivity index (χ2n) is 5.98. The van der Waals surface area contributed by atoms with Crippen LogP contribution in [0.25, 0.3) is 0 Å². The van der Waals surface area contributed by atoms with Crippen LogP contribution in [0.1, 0.15) is 27.0 Å². The van der Waals surface area contributed by atoms with E-state index in [0.717, 1.165) is 16.4 Å². The van der Waals surface area contributed by atoms with Gasteiger partial charge in [0.1, 0.15) is 10.8 Å². The van der Waals surface area contributed by atoms with Gasteiger partial charge in [0, 0.05) is 24.6 Å². The molecule has 1 atom stereocenters. The minimum atomic E-state index is -0.199. The van der Waals surface area contributed by atoms with Gasteiger partial charge in [0.25, 0.3) is 5.91 Å². The Morgan fingerprint density at radius 1 is 1.26 bits per heavy atom. The van der Waals surface area contributed by atoms with Crippen molar-refractivity contribution in [1.82, 2.24) is 10.2 Å². The van der Waals surface area contributed by atoms with Crippen molar-refractivity contribution in [2.24, 2.45) is 0 Å². The maximum absolute atomic E-state index is 12.4. The highest BCUT2D eigenvalue weighted by Crippen LogP contribution is 2.34. The lowest BCUT2D eigenvalue weighted by molar-refractivity contribution is -0.117. The number of anilines is 2. The number of rotatable bonds is 5. The first-order valence-corrected chi connectivity index (χ1v) is 9.96. The molecule has 0 spiro atoms. The fourth-order valence-electron chi connectivity index (χ4n) is 2.90. The predicted molar refractivity (Wildman–Crippen MR) is 105 cm³/mol. The van der Waals surface area contributed by atoms with Crippen molar-refractivity contribution < 1.29 is 14.3 Å². The Bertz CT molecular complexity index is 953. The van der Waals surface area contributed by atoms with E-state index in [-0.39, 0.29) is 17.7 Å². The molecule has 0 bridgehead atoms. The summed E-state index contributed by atoms with van der Waals surface area (Å²) in [6.45, 7) is 0.540. The number of hydrogen-bond donors (Lipinski definition) is 1. The summed E-state index contributed by atoms with van der Waals surface area (Å²) in [6.07, 6.45) is 0.375. The Balaban J connectivity index is 1.44. The van der Waals surface area contributed by atoms with Crippen LogP contribution in [-0.2, 0) is 4.79 Å². The Hall–Kier alpha value is -2.78. The maximum atomic E-state index is 12.4. The largest absolute Gasteiger partial charge is 0.497 e. The SMILES string of the molecule is COc1ccc(N2CC(c3nnc(NC(=O)c4cccs4)s3)CC2=O)cc1. The van der Waals surface area contributed by atoms with Crippen LogP contribution in [0.4, 0.5) is 10.8 Å². The quantitative estimate of drug-likeness (QED) is 0.710. The van der Waals surface area contributed by atoms with Crippen LogP contribution in [0.3, 0.4) is 0 Å². The van der Waals surface area contributed by atoms with Gasteiger partial charge in [-0.1, -0.05) is 17.4 Å². The fraction of sp³-hybridized carbons (Fsp3) is 0.222. The van der Waals surface area contributed by atoms with E-state index < -0.39 is 0 Å². The van der Waals surface area contributed by atoms with Gasteiger partial charge in [0.05, 0.1) is 12.0 Å². The summed E-state index contributed by atoms with van der Waals surface area (Å²) in [7, 11) is 1.61. The summed E-state index contributed by atoms with van der Waals surface area (Å²) < 4.78 is 5.16. The topological polar surface area (TPSA) is 84.4 Å². The molecular formula is C18H16N4O3S2. The fourth-order valence-corrected chi connectivity index (χ4v) is 4.35. The zero-order valence-electron chi connectivity index (χ0n) is 14.4. The normalized spacial score (nSPS) is 16.6. The summed E-state index contributed by atoms with van der Waals surface area (Å²) in [4.78, 5) is 26.9. The monoisotopic (exact) mass is 400 g/mol. The Labute approximate surface area is 163 Å².